The summed E-state index contributed by atoms with van der Waals surface area (Å²) < 4.78 is 0. The van der Waals surface area contributed by atoms with Gasteiger partial charge >= 0.3 is 0 Å². The topological polar surface area (TPSA) is 0 Å². The second kappa shape index (κ2) is 8.77. The van der Waals surface area contributed by atoms with Crippen LogP contribution in [0.1, 0.15) is 0 Å². The summed E-state index contributed by atoms with van der Waals surface area (Å²) >= 11 is 0. The zero-order valence-corrected chi connectivity index (χ0v) is 23.0. The van der Waals surface area contributed by atoms with Gasteiger partial charge in [0.1, 0.15) is 0 Å². The van der Waals surface area contributed by atoms with E-state index in [0.29, 0.717) is 0 Å². The first-order valence-electron chi connectivity index (χ1n) is 12.4. The van der Waals surface area contributed by atoms with Crippen LogP contribution in [0.25, 0.3) is 75.8 Å². The van der Waals surface area contributed by atoms with Crippen LogP contribution in [0.5, 0.6) is 0 Å². The molecule has 0 spiro atoms. The van der Waals surface area contributed by atoms with E-state index in [2.05, 4.69) is 133 Å². The van der Waals surface area contributed by atoms with Gasteiger partial charge in [-0.2, -0.15) is 23.8 Å². The molecule has 8 rings (SSSR count). The Balaban J connectivity index is 0.00000231. The fourth-order valence-corrected chi connectivity index (χ4v) is 5.78. The first kappa shape index (κ1) is 22.6. The van der Waals surface area contributed by atoms with Gasteiger partial charge in [0, 0.05) is 32.7 Å². The summed E-state index contributed by atoms with van der Waals surface area (Å²) in [5.41, 5.74) is 2.22. The molecular weight excluding hydrogens is 521 g/mol. The van der Waals surface area contributed by atoms with E-state index in [4.69, 9.17) is 0 Å². The van der Waals surface area contributed by atoms with Gasteiger partial charge < -0.3 is 0 Å². The number of rotatable bonds is 1. The zero-order valence-electron chi connectivity index (χ0n) is 20.1. The quantitative estimate of drug-likeness (QED) is 0.110. The molecule has 1 heteroatoms. The standard InChI is InChI=1S/C36H20.Y/c1-2-9-24-17-28-20-30-22-35-25(18-29(30)19-27(28)16-23(24)8-1)11-7-15-34(35)36-21-26-10-3-4-12-31(26)32-13-5-6-14-33(32)36;/h1-14,16-20,22H;/q-2;. The van der Waals surface area contributed by atoms with E-state index in [0.717, 1.165) is 16.5 Å². The van der Waals surface area contributed by atoms with Crippen molar-refractivity contribution in [3.63, 3.8) is 0 Å². The van der Waals surface area contributed by atoms with Crippen LogP contribution in [-0.4, -0.2) is 0 Å². The van der Waals surface area contributed by atoms with E-state index >= 15 is 0 Å². The van der Waals surface area contributed by atoms with Crippen molar-refractivity contribution in [2.24, 2.45) is 0 Å². The molecule has 0 unspecified atom stereocenters. The van der Waals surface area contributed by atoms with Crippen molar-refractivity contribution in [3.8, 4) is 11.1 Å². The Labute approximate surface area is 240 Å². The number of hydrogen-bond acceptors (Lipinski definition) is 0. The third-order valence-electron chi connectivity index (χ3n) is 7.51. The van der Waals surface area contributed by atoms with Gasteiger partial charge in [-0.1, -0.05) is 89.6 Å². The van der Waals surface area contributed by atoms with Gasteiger partial charge in [0.2, 0.25) is 0 Å². The average Bonchev–Trinajstić information content (AvgIpc) is 2.93. The minimum Gasteiger partial charge on any atom is -0.201 e. The molecule has 0 heterocycles. The molecule has 0 fully saturated rings. The van der Waals surface area contributed by atoms with E-state index in [1.165, 1.54) is 59.2 Å². The summed E-state index contributed by atoms with van der Waals surface area (Å²) in [4.78, 5) is 0. The predicted octanol–water partition coefficient (Wildman–Crippen LogP) is 9.87. The summed E-state index contributed by atoms with van der Waals surface area (Å²) in [6, 6.07) is 51.2. The van der Waals surface area contributed by atoms with E-state index in [9.17, 15) is 0 Å². The van der Waals surface area contributed by atoms with Crippen LogP contribution in [0.2, 0.25) is 0 Å². The van der Waals surface area contributed by atoms with Gasteiger partial charge in [-0.05, 0) is 56.6 Å². The monoisotopic (exact) mass is 541 g/mol. The third-order valence-corrected chi connectivity index (χ3v) is 7.51. The maximum absolute atomic E-state index is 3.74. The van der Waals surface area contributed by atoms with Crippen molar-refractivity contribution in [2.75, 3.05) is 0 Å². The Morgan fingerprint density at radius 3 is 1.65 bits per heavy atom. The summed E-state index contributed by atoms with van der Waals surface area (Å²) in [5.74, 6) is 0. The van der Waals surface area contributed by atoms with Gasteiger partial charge in [-0.3, -0.25) is 0 Å². The van der Waals surface area contributed by atoms with Gasteiger partial charge in [-0.15, -0.1) is 33.7 Å². The van der Waals surface area contributed by atoms with Crippen LogP contribution in [-0.2, 0) is 32.7 Å². The molecule has 0 saturated heterocycles. The van der Waals surface area contributed by atoms with Crippen LogP contribution in [0.4, 0.5) is 0 Å². The van der Waals surface area contributed by atoms with Crippen LogP contribution < -0.4 is 0 Å². The molecule has 0 amide bonds. The first-order valence-corrected chi connectivity index (χ1v) is 12.4. The molecule has 8 aromatic rings. The SMILES string of the molecule is [Y].[c-]1ccc2cc3cc4cc5ccccc5cc4cc3cc2c1-c1[c-]c2ccccc2c2ccccc12. The average molecular weight is 541 g/mol. The summed E-state index contributed by atoms with van der Waals surface area (Å²) in [6.07, 6.45) is 0. The molecule has 0 saturated carbocycles. The molecule has 169 valence electrons. The molecule has 0 nitrogen and oxygen atoms in total. The Bertz CT molecular complexity index is 2150. The van der Waals surface area contributed by atoms with E-state index < -0.39 is 0 Å². The third kappa shape index (κ3) is 3.59. The van der Waals surface area contributed by atoms with E-state index in [1.807, 2.05) is 0 Å². The number of benzene rings is 8. The molecule has 0 N–H and O–H groups in total. The van der Waals surface area contributed by atoms with Gasteiger partial charge in [0.25, 0.3) is 0 Å². The molecule has 0 bridgehead atoms. The molecule has 8 aromatic carbocycles. The van der Waals surface area contributed by atoms with Crippen LogP contribution >= 0.6 is 0 Å². The predicted molar refractivity (Wildman–Crippen MR) is 155 cm³/mol. The second-order valence-electron chi connectivity index (χ2n) is 9.63. The molecule has 0 aliphatic carbocycles. The molecular formula is C36H20Y-2. The maximum atomic E-state index is 3.74. The zero-order chi connectivity index (χ0) is 23.6. The maximum Gasteiger partial charge on any atom is 0 e. The van der Waals surface area contributed by atoms with Gasteiger partial charge in [-0.25, -0.2) is 5.56 Å². The normalized spacial score (nSPS) is 11.6. The molecule has 0 aliphatic rings. The van der Waals surface area contributed by atoms with Crippen molar-refractivity contribution in [3.05, 3.63) is 133 Å². The molecule has 1 radical (unpaired) electrons. The Kier molecular flexibility index (Phi) is 5.36. The Hall–Kier alpha value is -3.58. The fraction of sp³-hybridized carbons (Fsp3) is 0. The molecule has 0 atom stereocenters. The van der Waals surface area contributed by atoms with Crippen molar-refractivity contribution < 1.29 is 32.7 Å². The minimum absolute atomic E-state index is 0. The minimum atomic E-state index is 0. The van der Waals surface area contributed by atoms with Crippen molar-refractivity contribution >= 4 is 64.6 Å². The van der Waals surface area contributed by atoms with E-state index in [-0.39, 0.29) is 32.7 Å². The Morgan fingerprint density at radius 1 is 0.378 bits per heavy atom. The van der Waals surface area contributed by atoms with Crippen molar-refractivity contribution in [1.29, 1.82) is 0 Å². The smallest absolute Gasteiger partial charge is 0 e. The summed E-state index contributed by atoms with van der Waals surface area (Å²) in [7, 11) is 0. The van der Waals surface area contributed by atoms with Crippen molar-refractivity contribution in [2.45, 2.75) is 0 Å². The summed E-state index contributed by atoms with van der Waals surface area (Å²) in [6.45, 7) is 0. The fourth-order valence-electron chi connectivity index (χ4n) is 5.78. The van der Waals surface area contributed by atoms with Crippen LogP contribution in [0.3, 0.4) is 0 Å². The molecule has 0 aliphatic heterocycles. The first-order chi connectivity index (χ1) is 17.8. The number of fused-ring (bicyclic) bond motifs is 7. The molecule has 37 heavy (non-hydrogen) atoms. The second-order valence-corrected chi connectivity index (χ2v) is 9.63. The number of hydrogen-bond donors (Lipinski definition) is 0. The van der Waals surface area contributed by atoms with Crippen LogP contribution in [0.15, 0.2) is 121 Å². The van der Waals surface area contributed by atoms with Crippen molar-refractivity contribution in [1.82, 2.24) is 0 Å². The van der Waals surface area contributed by atoms with Gasteiger partial charge in [0.15, 0.2) is 0 Å². The van der Waals surface area contributed by atoms with E-state index in [1.54, 1.807) is 0 Å². The van der Waals surface area contributed by atoms with Gasteiger partial charge in [0.05, 0.1) is 0 Å². The largest absolute Gasteiger partial charge is 0.201 e. The summed E-state index contributed by atoms with van der Waals surface area (Å²) in [5, 5.41) is 14.9. The van der Waals surface area contributed by atoms with Crippen LogP contribution in [0, 0.1) is 12.1 Å². The molecule has 0 aromatic heterocycles. The Morgan fingerprint density at radius 2 is 0.919 bits per heavy atom.